The molecule has 0 aromatic heterocycles. The van der Waals surface area contributed by atoms with E-state index in [0.29, 0.717) is 5.02 Å². The van der Waals surface area contributed by atoms with Gasteiger partial charge in [-0.1, -0.05) is 18.5 Å². The highest BCUT2D eigenvalue weighted by atomic mass is 79.9. The molecule has 1 aliphatic rings. The van der Waals surface area contributed by atoms with Crippen LogP contribution in [0.5, 0.6) is 0 Å². The zero-order valence-corrected chi connectivity index (χ0v) is 12.6. The van der Waals surface area contributed by atoms with Gasteiger partial charge >= 0.3 is 0 Å². The van der Waals surface area contributed by atoms with E-state index in [4.69, 9.17) is 11.6 Å². The summed E-state index contributed by atoms with van der Waals surface area (Å²) in [5.41, 5.74) is 0.338. The van der Waals surface area contributed by atoms with Crippen molar-refractivity contribution in [1.29, 1.82) is 0 Å². The van der Waals surface area contributed by atoms with E-state index in [1.54, 1.807) is 12.1 Å². The van der Waals surface area contributed by atoms with Crippen molar-refractivity contribution >= 4 is 39.1 Å². The van der Waals surface area contributed by atoms with Crippen molar-refractivity contribution < 1.29 is 4.79 Å². The first-order valence-electron chi connectivity index (χ1n) is 6.09. The quantitative estimate of drug-likeness (QED) is 0.889. The van der Waals surface area contributed by atoms with Crippen molar-refractivity contribution in [2.24, 2.45) is 0 Å². The second kappa shape index (κ2) is 5.59. The van der Waals surface area contributed by atoms with E-state index in [9.17, 15) is 4.79 Å². The summed E-state index contributed by atoms with van der Waals surface area (Å²) in [4.78, 5) is 12.4. The zero-order valence-electron chi connectivity index (χ0n) is 10.2. The van der Waals surface area contributed by atoms with Gasteiger partial charge in [0.25, 0.3) is 0 Å². The van der Waals surface area contributed by atoms with Crippen LogP contribution in [0.1, 0.15) is 26.2 Å². The molecule has 18 heavy (non-hydrogen) atoms. The number of anilines is 1. The molecule has 1 atom stereocenters. The molecule has 1 saturated heterocycles. The van der Waals surface area contributed by atoms with Gasteiger partial charge in [-0.3, -0.25) is 4.79 Å². The number of hydrogen-bond acceptors (Lipinski definition) is 2. The number of carbonyl (C=O) groups is 1. The van der Waals surface area contributed by atoms with Gasteiger partial charge in [-0.2, -0.15) is 0 Å². The minimum Gasteiger partial charge on any atom is -0.323 e. The van der Waals surface area contributed by atoms with Crippen LogP contribution >= 0.6 is 27.5 Å². The molecule has 2 rings (SSSR count). The SMILES string of the molecule is CCC1(C(=O)Nc2ccc(Cl)cc2Br)CCCN1. The fourth-order valence-electron chi connectivity index (χ4n) is 2.30. The predicted molar refractivity (Wildman–Crippen MR) is 78.0 cm³/mol. The van der Waals surface area contributed by atoms with Gasteiger partial charge in [-0.15, -0.1) is 0 Å². The van der Waals surface area contributed by atoms with Crippen LogP contribution in [0.2, 0.25) is 5.02 Å². The lowest BCUT2D eigenvalue weighted by Gasteiger charge is -2.26. The molecule has 0 bridgehead atoms. The van der Waals surface area contributed by atoms with Gasteiger partial charge < -0.3 is 10.6 Å². The van der Waals surface area contributed by atoms with Gasteiger partial charge in [0.05, 0.1) is 11.2 Å². The fourth-order valence-corrected chi connectivity index (χ4v) is 3.08. The smallest absolute Gasteiger partial charge is 0.244 e. The highest BCUT2D eigenvalue weighted by molar-refractivity contribution is 9.10. The molecule has 5 heteroatoms. The fraction of sp³-hybridized carbons (Fsp3) is 0.462. The van der Waals surface area contributed by atoms with Crippen molar-refractivity contribution in [2.75, 3.05) is 11.9 Å². The van der Waals surface area contributed by atoms with Crippen LogP contribution in [0.4, 0.5) is 5.69 Å². The topological polar surface area (TPSA) is 41.1 Å². The molecule has 0 saturated carbocycles. The average molecular weight is 332 g/mol. The minimum atomic E-state index is -0.418. The number of halogens is 2. The van der Waals surface area contributed by atoms with Crippen LogP contribution in [-0.2, 0) is 4.79 Å². The Morgan fingerprint density at radius 1 is 1.61 bits per heavy atom. The first-order chi connectivity index (χ1) is 8.57. The van der Waals surface area contributed by atoms with Crippen LogP contribution in [0, 0.1) is 0 Å². The maximum absolute atomic E-state index is 12.4. The zero-order chi connectivity index (χ0) is 13.2. The number of benzene rings is 1. The minimum absolute atomic E-state index is 0.0329. The Morgan fingerprint density at radius 2 is 2.39 bits per heavy atom. The summed E-state index contributed by atoms with van der Waals surface area (Å²) in [5.74, 6) is 0.0329. The van der Waals surface area contributed by atoms with E-state index < -0.39 is 5.54 Å². The Balaban J connectivity index is 2.15. The molecule has 1 amide bonds. The molecule has 0 aliphatic carbocycles. The van der Waals surface area contributed by atoms with E-state index in [-0.39, 0.29) is 5.91 Å². The van der Waals surface area contributed by atoms with Crippen LogP contribution in [0.3, 0.4) is 0 Å². The van der Waals surface area contributed by atoms with E-state index in [0.717, 1.165) is 36.0 Å². The second-order valence-corrected chi connectivity index (χ2v) is 5.84. The van der Waals surface area contributed by atoms with Crippen LogP contribution in [-0.4, -0.2) is 18.0 Å². The first-order valence-corrected chi connectivity index (χ1v) is 7.26. The largest absolute Gasteiger partial charge is 0.323 e. The summed E-state index contributed by atoms with van der Waals surface area (Å²) in [7, 11) is 0. The maximum atomic E-state index is 12.4. The Kier molecular flexibility index (Phi) is 4.30. The number of rotatable bonds is 3. The summed E-state index contributed by atoms with van der Waals surface area (Å²) in [5, 5.41) is 6.92. The van der Waals surface area contributed by atoms with Crippen molar-refractivity contribution in [3.63, 3.8) is 0 Å². The molecule has 1 unspecified atom stereocenters. The average Bonchev–Trinajstić information content (AvgIpc) is 2.82. The molecule has 1 fully saturated rings. The molecule has 1 aliphatic heterocycles. The number of hydrogen-bond donors (Lipinski definition) is 2. The monoisotopic (exact) mass is 330 g/mol. The Labute approximate surface area is 120 Å². The molecule has 0 radical (unpaired) electrons. The third-order valence-electron chi connectivity index (χ3n) is 3.46. The van der Waals surface area contributed by atoms with E-state index >= 15 is 0 Å². The molecule has 3 nitrogen and oxygen atoms in total. The van der Waals surface area contributed by atoms with Crippen LogP contribution in [0.15, 0.2) is 22.7 Å². The van der Waals surface area contributed by atoms with Gasteiger partial charge in [-0.25, -0.2) is 0 Å². The molecule has 1 aromatic carbocycles. The van der Waals surface area contributed by atoms with Gasteiger partial charge in [0.1, 0.15) is 0 Å². The Bertz CT molecular complexity index is 458. The normalized spacial score (nSPS) is 23.1. The summed E-state index contributed by atoms with van der Waals surface area (Å²) in [6.45, 7) is 2.94. The third-order valence-corrected chi connectivity index (χ3v) is 4.35. The lowest BCUT2D eigenvalue weighted by Crippen LogP contribution is -2.50. The third kappa shape index (κ3) is 2.71. The van der Waals surface area contributed by atoms with Crippen molar-refractivity contribution in [3.05, 3.63) is 27.7 Å². The first kappa shape index (κ1) is 13.8. The van der Waals surface area contributed by atoms with E-state index in [1.807, 2.05) is 13.0 Å². The van der Waals surface area contributed by atoms with Gasteiger partial charge in [0.15, 0.2) is 0 Å². The molecule has 98 valence electrons. The van der Waals surface area contributed by atoms with Crippen LogP contribution < -0.4 is 10.6 Å². The second-order valence-electron chi connectivity index (χ2n) is 4.54. The summed E-state index contributed by atoms with van der Waals surface area (Å²) < 4.78 is 0.799. The summed E-state index contributed by atoms with van der Waals surface area (Å²) in [6.07, 6.45) is 2.73. The van der Waals surface area contributed by atoms with Crippen molar-refractivity contribution in [3.8, 4) is 0 Å². The molecular formula is C13H16BrClN2O. The highest BCUT2D eigenvalue weighted by Gasteiger charge is 2.39. The molecule has 1 heterocycles. The summed E-state index contributed by atoms with van der Waals surface area (Å²) in [6, 6.07) is 5.35. The lowest BCUT2D eigenvalue weighted by molar-refractivity contribution is -0.122. The predicted octanol–water partition coefficient (Wildman–Crippen LogP) is 3.57. The number of carbonyl (C=O) groups excluding carboxylic acids is 1. The molecule has 0 spiro atoms. The number of amides is 1. The van der Waals surface area contributed by atoms with Crippen molar-refractivity contribution in [2.45, 2.75) is 31.7 Å². The lowest BCUT2D eigenvalue weighted by atomic mass is 9.93. The highest BCUT2D eigenvalue weighted by Crippen LogP contribution is 2.29. The maximum Gasteiger partial charge on any atom is 0.244 e. The Hall–Kier alpha value is -0.580. The summed E-state index contributed by atoms with van der Waals surface area (Å²) >= 11 is 9.28. The van der Waals surface area contributed by atoms with Crippen LogP contribution in [0.25, 0.3) is 0 Å². The van der Waals surface area contributed by atoms with Gasteiger partial charge in [0.2, 0.25) is 5.91 Å². The van der Waals surface area contributed by atoms with Gasteiger partial charge in [-0.05, 0) is 59.9 Å². The Morgan fingerprint density at radius 3 is 2.94 bits per heavy atom. The molecular weight excluding hydrogens is 316 g/mol. The van der Waals surface area contributed by atoms with E-state index in [2.05, 4.69) is 26.6 Å². The molecule has 2 N–H and O–H groups in total. The van der Waals surface area contributed by atoms with Crippen molar-refractivity contribution in [1.82, 2.24) is 5.32 Å². The number of nitrogens with one attached hydrogen (secondary N) is 2. The standard InChI is InChI=1S/C13H16BrClN2O/c1-2-13(6-3-7-16-13)12(18)17-11-5-4-9(15)8-10(11)14/h4-5,8,16H,2-3,6-7H2,1H3,(H,17,18). The molecule has 1 aromatic rings. The van der Waals surface area contributed by atoms with E-state index in [1.165, 1.54) is 0 Å². The van der Waals surface area contributed by atoms with Gasteiger partial charge in [0, 0.05) is 9.50 Å².